The van der Waals surface area contributed by atoms with E-state index in [4.69, 9.17) is 14.2 Å². The Morgan fingerprint density at radius 2 is 1.96 bits per heavy atom. The number of nitrogens with one attached hydrogen (secondary N) is 1. The lowest BCUT2D eigenvalue weighted by atomic mass is 10.0. The van der Waals surface area contributed by atoms with Crippen molar-refractivity contribution < 1.29 is 23.8 Å². The van der Waals surface area contributed by atoms with Gasteiger partial charge in [0.2, 0.25) is 0 Å². The highest BCUT2D eigenvalue weighted by atomic mass is 32.2. The standard InChI is InChI=1S/C17H23NO5S/c1-17(2,3)23-16(20)18-12-6-7-24-14-9-11(15(19)22-5)13(21-4)8-10(12)14/h8-9,12H,6-7H2,1-5H3,(H,18,20). The van der Waals surface area contributed by atoms with Crippen LogP contribution in [-0.4, -0.2) is 37.6 Å². The summed E-state index contributed by atoms with van der Waals surface area (Å²) in [5, 5.41) is 2.90. The zero-order chi connectivity index (χ0) is 17.9. The smallest absolute Gasteiger partial charge is 0.408 e. The van der Waals surface area contributed by atoms with Crippen molar-refractivity contribution in [1.29, 1.82) is 0 Å². The number of hydrogen-bond donors (Lipinski definition) is 1. The van der Waals surface area contributed by atoms with Gasteiger partial charge in [0.1, 0.15) is 16.9 Å². The number of thioether (sulfide) groups is 1. The summed E-state index contributed by atoms with van der Waals surface area (Å²) in [6.45, 7) is 5.47. The predicted octanol–water partition coefficient (Wildman–Crippen LogP) is 3.54. The minimum absolute atomic E-state index is 0.184. The van der Waals surface area contributed by atoms with Gasteiger partial charge >= 0.3 is 12.1 Å². The second-order valence-corrected chi connectivity index (χ2v) is 7.55. The molecule has 1 heterocycles. The molecule has 7 heteroatoms. The number of methoxy groups -OCH3 is 2. The summed E-state index contributed by atoms with van der Waals surface area (Å²) in [6, 6.07) is 3.36. The number of esters is 1. The summed E-state index contributed by atoms with van der Waals surface area (Å²) in [6.07, 6.45) is 0.318. The lowest BCUT2D eigenvalue weighted by molar-refractivity contribution is 0.0499. The molecule has 0 saturated carbocycles. The first kappa shape index (κ1) is 18.4. The fourth-order valence-electron chi connectivity index (χ4n) is 2.45. The summed E-state index contributed by atoms with van der Waals surface area (Å²) >= 11 is 1.64. The number of rotatable bonds is 3. The average Bonchev–Trinajstić information content (AvgIpc) is 2.51. The molecule has 0 spiro atoms. The van der Waals surface area contributed by atoms with Crippen LogP contribution in [0.1, 0.15) is 49.2 Å². The molecule has 24 heavy (non-hydrogen) atoms. The molecular formula is C17H23NO5S. The van der Waals surface area contributed by atoms with E-state index in [1.54, 1.807) is 23.9 Å². The van der Waals surface area contributed by atoms with Crippen LogP contribution < -0.4 is 10.1 Å². The van der Waals surface area contributed by atoms with Crippen LogP contribution in [-0.2, 0) is 9.47 Å². The van der Waals surface area contributed by atoms with Gasteiger partial charge in [0.15, 0.2) is 0 Å². The number of fused-ring (bicyclic) bond motifs is 1. The maximum absolute atomic E-state index is 12.1. The van der Waals surface area contributed by atoms with Gasteiger partial charge < -0.3 is 19.5 Å². The first-order chi connectivity index (χ1) is 11.2. The van der Waals surface area contributed by atoms with Crippen LogP contribution in [0.4, 0.5) is 4.79 Å². The molecule has 2 rings (SSSR count). The molecule has 0 radical (unpaired) electrons. The van der Waals surface area contributed by atoms with Gasteiger partial charge in [0.05, 0.1) is 20.3 Å². The molecular weight excluding hydrogens is 330 g/mol. The number of alkyl carbamates (subject to hydrolysis) is 1. The Morgan fingerprint density at radius 3 is 2.54 bits per heavy atom. The predicted molar refractivity (Wildman–Crippen MR) is 91.8 cm³/mol. The third-order valence-corrected chi connectivity index (χ3v) is 4.57. The first-order valence-corrected chi connectivity index (χ1v) is 8.66. The van der Waals surface area contributed by atoms with Crippen molar-refractivity contribution in [3.05, 3.63) is 23.3 Å². The Morgan fingerprint density at radius 1 is 1.25 bits per heavy atom. The van der Waals surface area contributed by atoms with Crippen molar-refractivity contribution in [3.8, 4) is 5.75 Å². The molecule has 1 aliphatic rings. The third kappa shape index (κ3) is 4.35. The minimum Gasteiger partial charge on any atom is -0.496 e. The average molecular weight is 353 g/mol. The SMILES string of the molecule is COC(=O)c1cc2c(cc1OC)C(NC(=O)OC(C)(C)C)CCS2. The molecule has 1 unspecified atom stereocenters. The van der Waals surface area contributed by atoms with Crippen molar-refractivity contribution in [1.82, 2.24) is 5.32 Å². The van der Waals surface area contributed by atoms with E-state index in [2.05, 4.69) is 5.32 Å². The molecule has 1 aromatic carbocycles. The van der Waals surface area contributed by atoms with Gasteiger partial charge in [-0.2, -0.15) is 0 Å². The Labute approximate surface area is 146 Å². The summed E-state index contributed by atoms with van der Waals surface area (Å²) in [5.41, 5.74) is 0.744. The van der Waals surface area contributed by atoms with Gasteiger partial charge in [-0.15, -0.1) is 11.8 Å². The van der Waals surface area contributed by atoms with Crippen molar-refractivity contribution >= 4 is 23.8 Å². The zero-order valence-corrected chi connectivity index (χ0v) is 15.4. The third-order valence-electron chi connectivity index (χ3n) is 3.47. The van der Waals surface area contributed by atoms with E-state index >= 15 is 0 Å². The van der Waals surface area contributed by atoms with E-state index in [0.717, 1.165) is 22.6 Å². The number of benzene rings is 1. The lowest BCUT2D eigenvalue weighted by Crippen LogP contribution is -2.36. The van der Waals surface area contributed by atoms with Crippen LogP contribution in [0, 0.1) is 0 Å². The molecule has 1 aromatic rings. The monoisotopic (exact) mass is 353 g/mol. The van der Waals surface area contributed by atoms with Gasteiger partial charge in [0, 0.05) is 10.6 Å². The molecule has 6 nitrogen and oxygen atoms in total. The highest BCUT2D eigenvalue weighted by molar-refractivity contribution is 7.99. The Balaban J connectivity index is 2.29. The van der Waals surface area contributed by atoms with Gasteiger partial charge in [-0.05, 0) is 44.9 Å². The van der Waals surface area contributed by atoms with Crippen LogP contribution >= 0.6 is 11.8 Å². The fourth-order valence-corrected chi connectivity index (χ4v) is 3.60. The molecule has 132 valence electrons. The quantitative estimate of drug-likeness (QED) is 0.838. The van der Waals surface area contributed by atoms with Crippen molar-refractivity contribution in [3.63, 3.8) is 0 Å². The maximum Gasteiger partial charge on any atom is 0.408 e. The molecule has 1 amide bonds. The van der Waals surface area contributed by atoms with Crippen LogP contribution in [0.5, 0.6) is 5.75 Å². The van der Waals surface area contributed by atoms with Crippen molar-refractivity contribution in [2.45, 2.75) is 43.7 Å². The summed E-state index contributed by atoms with van der Waals surface area (Å²) in [7, 11) is 2.83. The van der Waals surface area contributed by atoms with E-state index in [9.17, 15) is 9.59 Å². The van der Waals surface area contributed by atoms with E-state index in [0.29, 0.717) is 11.3 Å². The lowest BCUT2D eigenvalue weighted by Gasteiger charge is -2.28. The van der Waals surface area contributed by atoms with Crippen LogP contribution in [0.15, 0.2) is 17.0 Å². The van der Waals surface area contributed by atoms with Crippen molar-refractivity contribution in [2.24, 2.45) is 0 Å². The van der Waals surface area contributed by atoms with E-state index < -0.39 is 17.7 Å². The molecule has 0 bridgehead atoms. The van der Waals surface area contributed by atoms with Gasteiger partial charge in [-0.1, -0.05) is 0 Å². The molecule has 0 aromatic heterocycles. The molecule has 0 saturated heterocycles. The summed E-state index contributed by atoms with van der Waals surface area (Å²) in [5.74, 6) is 0.817. The van der Waals surface area contributed by atoms with E-state index in [-0.39, 0.29) is 6.04 Å². The molecule has 1 atom stereocenters. The second kappa shape index (κ2) is 7.34. The number of carbonyl (C=O) groups excluding carboxylic acids is 2. The van der Waals surface area contributed by atoms with Gasteiger partial charge in [-0.25, -0.2) is 9.59 Å². The van der Waals surface area contributed by atoms with E-state index in [1.165, 1.54) is 14.2 Å². The molecule has 1 aliphatic heterocycles. The zero-order valence-electron chi connectivity index (χ0n) is 14.6. The number of amides is 1. The van der Waals surface area contributed by atoms with Crippen molar-refractivity contribution in [2.75, 3.05) is 20.0 Å². The summed E-state index contributed by atoms with van der Waals surface area (Å²) in [4.78, 5) is 24.9. The second-order valence-electron chi connectivity index (χ2n) is 6.42. The fraction of sp³-hybridized carbons (Fsp3) is 0.529. The molecule has 0 aliphatic carbocycles. The van der Waals surface area contributed by atoms with Crippen LogP contribution in [0.25, 0.3) is 0 Å². The maximum atomic E-state index is 12.1. The summed E-state index contributed by atoms with van der Waals surface area (Å²) < 4.78 is 15.4. The van der Waals surface area contributed by atoms with Gasteiger partial charge in [0.25, 0.3) is 0 Å². The van der Waals surface area contributed by atoms with E-state index in [1.807, 2.05) is 20.8 Å². The number of hydrogen-bond acceptors (Lipinski definition) is 6. The topological polar surface area (TPSA) is 73.9 Å². The minimum atomic E-state index is -0.553. The number of carbonyl (C=O) groups is 2. The Hall–Kier alpha value is -1.89. The highest BCUT2D eigenvalue weighted by Crippen LogP contribution is 2.40. The highest BCUT2D eigenvalue weighted by Gasteiger charge is 2.28. The Kier molecular flexibility index (Phi) is 5.64. The van der Waals surface area contributed by atoms with Gasteiger partial charge in [-0.3, -0.25) is 0 Å². The first-order valence-electron chi connectivity index (χ1n) is 7.67. The number of ether oxygens (including phenoxy) is 3. The molecule has 1 N–H and O–H groups in total. The Bertz CT molecular complexity index is 639. The normalized spacial score (nSPS) is 16.8. The largest absolute Gasteiger partial charge is 0.496 e. The van der Waals surface area contributed by atoms with Crippen LogP contribution in [0.3, 0.4) is 0 Å². The molecule has 0 fully saturated rings. The van der Waals surface area contributed by atoms with Crippen LogP contribution in [0.2, 0.25) is 0 Å².